The predicted molar refractivity (Wildman–Crippen MR) is 117 cm³/mol. The molecule has 5 nitrogen and oxygen atoms in total. The molecule has 0 bridgehead atoms. The molecule has 1 saturated carbocycles. The van der Waals surface area contributed by atoms with Gasteiger partial charge >= 0.3 is 0 Å². The summed E-state index contributed by atoms with van der Waals surface area (Å²) in [6, 6.07) is 8.70. The average molecular weight is 389 g/mol. The zero-order valence-electron chi connectivity index (χ0n) is 17.2. The lowest BCUT2D eigenvalue weighted by atomic mass is 9.96. The summed E-state index contributed by atoms with van der Waals surface area (Å²) in [6.45, 7) is 2.90. The number of aliphatic imine (C=N–C) groups is 1. The van der Waals surface area contributed by atoms with E-state index in [0.717, 1.165) is 42.6 Å². The lowest BCUT2D eigenvalue weighted by molar-refractivity contribution is 0.0707. The topological polar surface area (TPSA) is 71.6 Å². The van der Waals surface area contributed by atoms with Gasteiger partial charge in [-0.3, -0.25) is 14.8 Å². The van der Waals surface area contributed by atoms with Gasteiger partial charge in [0.1, 0.15) is 0 Å². The van der Waals surface area contributed by atoms with Crippen molar-refractivity contribution >= 4 is 17.8 Å². The molecule has 2 heterocycles. The number of allylic oxidation sites excluding steroid dienone is 1. The first-order valence-electron chi connectivity index (χ1n) is 10.3. The Balaban J connectivity index is 1.53. The number of nitrogens with zero attached hydrogens (tertiary/aromatic N) is 3. The fourth-order valence-corrected chi connectivity index (χ4v) is 4.41. The van der Waals surface area contributed by atoms with Gasteiger partial charge in [0.15, 0.2) is 0 Å². The van der Waals surface area contributed by atoms with Gasteiger partial charge in [-0.2, -0.15) is 0 Å². The van der Waals surface area contributed by atoms with Crippen molar-refractivity contribution in [2.45, 2.75) is 51.6 Å². The maximum Gasteiger partial charge on any atom is 0.254 e. The van der Waals surface area contributed by atoms with E-state index < -0.39 is 0 Å². The zero-order chi connectivity index (χ0) is 20.4. The summed E-state index contributed by atoms with van der Waals surface area (Å²) < 4.78 is 0. The van der Waals surface area contributed by atoms with Crippen LogP contribution >= 0.6 is 0 Å². The molecular formula is C24H28N4O. The maximum absolute atomic E-state index is 13.0. The molecule has 29 heavy (non-hydrogen) atoms. The Labute approximate surface area is 172 Å². The number of carbonyl (C=O) groups is 1. The molecule has 1 aliphatic heterocycles. The quantitative estimate of drug-likeness (QED) is 0.790. The van der Waals surface area contributed by atoms with Crippen molar-refractivity contribution < 1.29 is 4.79 Å². The van der Waals surface area contributed by atoms with Crippen LogP contribution in [0.25, 0.3) is 5.70 Å². The normalized spacial score (nSPS) is 17.5. The predicted octanol–water partition coefficient (Wildman–Crippen LogP) is 3.88. The Morgan fingerprint density at radius 3 is 2.79 bits per heavy atom. The average Bonchev–Trinajstić information content (AvgIpc) is 3.36. The third kappa shape index (κ3) is 3.95. The summed E-state index contributed by atoms with van der Waals surface area (Å²) >= 11 is 0. The van der Waals surface area contributed by atoms with Crippen molar-refractivity contribution in [2.75, 3.05) is 7.05 Å². The highest BCUT2D eigenvalue weighted by Gasteiger charge is 2.34. The molecular weight excluding hydrogens is 360 g/mol. The Morgan fingerprint density at radius 1 is 1.31 bits per heavy atom. The molecule has 2 aliphatic rings. The molecule has 0 spiro atoms. The van der Waals surface area contributed by atoms with Gasteiger partial charge in [0.05, 0.1) is 11.4 Å². The van der Waals surface area contributed by atoms with Gasteiger partial charge in [0.25, 0.3) is 5.91 Å². The van der Waals surface area contributed by atoms with Gasteiger partial charge in [-0.1, -0.05) is 25.0 Å². The monoisotopic (exact) mass is 388 g/mol. The lowest BCUT2D eigenvalue weighted by Crippen LogP contribution is -2.33. The summed E-state index contributed by atoms with van der Waals surface area (Å²) in [4.78, 5) is 23.5. The van der Waals surface area contributed by atoms with E-state index in [-0.39, 0.29) is 5.91 Å². The van der Waals surface area contributed by atoms with Crippen molar-refractivity contribution in [3.8, 4) is 0 Å². The number of benzene rings is 1. The molecule has 2 N–H and O–H groups in total. The van der Waals surface area contributed by atoms with Crippen LogP contribution in [0.3, 0.4) is 0 Å². The highest BCUT2D eigenvalue weighted by molar-refractivity contribution is 5.99. The number of aromatic nitrogens is 1. The van der Waals surface area contributed by atoms with E-state index in [0.29, 0.717) is 11.7 Å². The van der Waals surface area contributed by atoms with E-state index in [9.17, 15) is 4.79 Å². The SMILES string of the molecule is CN=CC=C(N)c1ccc(Cc2cc3c(cc2C)CN(C2CCCC2)C3=O)cn1. The number of hydrogen-bond acceptors (Lipinski definition) is 4. The number of carbonyl (C=O) groups excluding carboxylic acids is 1. The van der Waals surface area contributed by atoms with E-state index in [1.807, 2.05) is 18.3 Å². The fourth-order valence-electron chi connectivity index (χ4n) is 4.41. The Morgan fingerprint density at radius 2 is 2.10 bits per heavy atom. The first-order valence-corrected chi connectivity index (χ1v) is 10.3. The van der Waals surface area contributed by atoms with E-state index in [4.69, 9.17) is 5.73 Å². The van der Waals surface area contributed by atoms with Crippen molar-refractivity contribution in [2.24, 2.45) is 10.7 Å². The van der Waals surface area contributed by atoms with Crippen LogP contribution in [0.2, 0.25) is 0 Å². The van der Waals surface area contributed by atoms with Crippen LogP contribution in [0, 0.1) is 6.92 Å². The van der Waals surface area contributed by atoms with Crippen LogP contribution in [-0.4, -0.2) is 35.1 Å². The summed E-state index contributed by atoms with van der Waals surface area (Å²) in [5.41, 5.74) is 12.9. The second kappa shape index (κ2) is 8.19. The second-order valence-electron chi connectivity index (χ2n) is 8.06. The smallest absolute Gasteiger partial charge is 0.254 e. The molecule has 0 radical (unpaired) electrons. The second-order valence-corrected chi connectivity index (χ2v) is 8.06. The first kappa shape index (κ1) is 19.4. The summed E-state index contributed by atoms with van der Waals surface area (Å²) in [6.07, 6.45) is 10.8. The van der Waals surface area contributed by atoms with Crippen LogP contribution in [-0.2, 0) is 13.0 Å². The van der Waals surface area contributed by atoms with Crippen LogP contribution in [0.4, 0.5) is 0 Å². The number of fused-ring (bicyclic) bond motifs is 1. The zero-order valence-corrected chi connectivity index (χ0v) is 17.2. The maximum atomic E-state index is 13.0. The van der Waals surface area contributed by atoms with Gasteiger partial charge in [-0.25, -0.2) is 0 Å². The molecule has 0 saturated heterocycles. The van der Waals surface area contributed by atoms with Gasteiger partial charge in [-0.05, 0) is 66.6 Å². The van der Waals surface area contributed by atoms with Crippen LogP contribution in [0.1, 0.15) is 64.0 Å². The minimum Gasteiger partial charge on any atom is -0.397 e. The highest BCUT2D eigenvalue weighted by Crippen LogP contribution is 2.33. The Hall–Kier alpha value is -2.95. The molecule has 1 amide bonds. The standard InChI is InChI=1S/C24H28N4O/c1-16-11-19-15-28(20-5-3-4-6-20)24(29)21(19)13-18(16)12-17-7-8-23(27-14-17)22(25)9-10-26-2/h7-11,13-14,20H,3-6,12,15,25H2,1-2H3. The van der Waals surface area contributed by atoms with E-state index >= 15 is 0 Å². The third-order valence-electron chi connectivity index (χ3n) is 6.08. The number of hydrogen-bond donors (Lipinski definition) is 1. The van der Waals surface area contributed by atoms with Crippen LogP contribution in [0.15, 0.2) is 41.5 Å². The number of aryl methyl sites for hydroxylation is 1. The van der Waals surface area contributed by atoms with E-state index in [2.05, 4.69) is 33.9 Å². The molecule has 1 aromatic heterocycles. The van der Waals surface area contributed by atoms with Crippen molar-refractivity contribution in [1.82, 2.24) is 9.88 Å². The molecule has 150 valence electrons. The van der Waals surface area contributed by atoms with E-state index in [1.54, 1.807) is 19.3 Å². The molecule has 5 heteroatoms. The number of pyridine rings is 1. The molecule has 0 unspecified atom stereocenters. The highest BCUT2D eigenvalue weighted by atomic mass is 16.2. The van der Waals surface area contributed by atoms with E-state index in [1.165, 1.54) is 29.5 Å². The largest absolute Gasteiger partial charge is 0.397 e. The minimum atomic E-state index is 0.206. The molecule has 4 rings (SSSR count). The molecule has 1 fully saturated rings. The fraction of sp³-hybridized carbons (Fsp3) is 0.375. The van der Waals surface area contributed by atoms with Crippen LogP contribution < -0.4 is 5.73 Å². The molecule has 1 aromatic carbocycles. The number of nitrogens with two attached hydrogens (primary N) is 1. The van der Waals surface area contributed by atoms with Crippen molar-refractivity contribution in [3.63, 3.8) is 0 Å². The Kier molecular flexibility index (Phi) is 5.47. The van der Waals surface area contributed by atoms with Crippen LogP contribution in [0.5, 0.6) is 0 Å². The molecule has 2 aromatic rings. The minimum absolute atomic E-state index is 0.206. The molecule has 1 aliphatic carbocycles. The number of amides is 1. The van der Waals surface area contributed by atoms with Gasteiger partial charge in [0.2, 0.25) is 0 Å². The molecule has 0 atom stereocenters. The van der Waals surface area contributed by atoms with Gasteiger partial charge in [-0.15, -0.1) is 0 Å². The van der Waals surface area contributed by atoms with Crippen molar-refractivity contribution in [1.29, 1.82) is 0 Å². The Bertz CT molecular complexity index is 969. The lowest BCUT2D eigenvalue weighted by Gasteiger charge is -2.23. The first-order chi connectivity index (χ1) is 14.1. The van der Waals surface area contributed by atoms with Gasteiger partial charge < -0.3 is 10.6 Å². The third-order valence-corrected chi connectivity index (χ3v) is 6.08. The van der Waals surface area contributed by atoms with Gasteiger partial charge in [0, 0.05) is 37.6 Å². The number of rotatable bonds is 5. The summed E-state index contributed by atoms with van der Waals surface area (Å²) in [5.74, 6) is 0.206. The summed E-state index contributed by atoms with van der Waals surface area (Å²) in [5, 5.41) is 0. The summed E-state index contributed by atoms with van der Waals surface area (Å²) in [7, 11) is 1.71. The van der Waals surface area contributed by atoms with Crippen molar-refractivity contribution in [3.05, 3.63) is 70.0 Å².